The molecular formula is C22H12Cl2FN3. The Balaban J connectivity index is 1.90. The Morgan fingerprint density at radius 1 is 0.786 bits per heavy atom. The van der Waals surface area contributed by atoms with Crippen LogP contribution < -0.4 is 0 Å². The summed E-state index contributed by atoms with van der Waals surface area (Å²) in [6, 6.07) is 19.4. The minimum Gasteiger partial charge on any atom is -0.255 e. The van der Waals surface area contributed by atoms with Crippen LogP contribution in [0.5, 0.6) is 0 Å². The maximum Gasteiger partial charge on any atom is 0.124 e. The number of nitrogens with zero attached hydrogens (tertiary/aromatic N) is 3. The molecule has 0 unspecified atom stereocenters. The van der Waals surface area contributed by atoms with Crippen LogP contribution in [0.4, 0.5) is 4.39 Å². The molecule has 28 heavy (non-hydrogen) atoms. The van der Waals surface area contributed by atoms with Crippen molar-refractivity contribution in [3.8, 4) is 16.9 Å². The van der Waals surface area contributed by atoms with Crippen LogP contribution in [0.3, 0.4) is 0 Å². The largest absolute Gasteiger partial charge is 0.255 e. The lowest BCUT2D eigenvalue weighted by atomic mass is 10.1. The van der Waals surface area contributed by atoms with Gasteiger partial charge in [-0.1, -0.05) is 35.3 Å². The van der Waals surface area contributed by atoms with E-state index < -0.39 is 0 Å². The average molecular weight is 408 g/mol. The van der Waals surface area contributed by atoms with E-state index in [1.807, 2.05) is 36.4 Å². The molecule has 0 aliphatic heterocycles. The topological polar surface area (TPSA) is 30.7 Å². The third-order valence-corrected chi connectivity index (χ3v) is 5.16. The fourth-order valence-electron chi connectivity index (χ4n) is 3.35. The number of hydrogen-bond donors (Lipinski definition) is 0. The molecule has 0 fully saturated rings. The first-order valence-electron chi connectivity index (χ1n) is 8.59. The van der Waals surface area contributed by atoms with Crippen molar-refractivity contribution in [3.63, 3.8) is 0 Å². The van der Waals surface area contributed by atoms with Gasteiger partial charge in [0, 0.05) is 32.6 Å². The summed E-state index contributed by atoms with van der Waals surface area (Å²) in [5, 5.41) is 7.64. The molecule has 3 aromatic carbocycles. The van der Waals surface area contributed by atoms with Gasteiger partial charge in [-0.15, -0.1) is 0 Å². The lowest BCUT2D eigenvalue weighted by molar-refractivity contribution is 0.629. The van der Waals surface area contributed by atoms with Crippen LogP contribution in [0.2, 0.25) is 10.0 Å². The molecule has 0 saturated heterocycles. The van der Waals surface area contributed by atoms with E-state index in [2.05, 4.69) is 4.98 Å². The van der Waals surface area contributed by atoms with Gasteiger partial charge in [-0.2, -0.15) is 5.10 Å². The van der Waals surface area contributed by atoms with Crippen molar-refractivity contribution in [2.75, 3.05) is 0 Å². The van der Waals surface area contributed by atoms with Gasteiger partial charge in [-0.25, -0.2) is 9.07 Å². The Kier molecular flexibility index (Phi) is 4.04. The third-order valence-electron chi connectivity index (χ3n) is 4.66. The van der Waals surface area contributed by atoms with Gasteiger partial charge >= 0.3 is 0 Å². The number of rotatable bonds is 2. The molecule has 2 heterocycles. The Morgan fingerprint density at radius 3 is 2.18 bits per heavy atom. The first-order valence-corrected chi connectivity index (χ1v) is 9.34. The summed E-state index contributed by atoms with van der Waals surface area (Å²) in [5.41, 5.74) is 3.97. The summed E-state index contributed by atoms with van der Waals surface area (Å²) in [7, 11) is 0. The molecule has 0 radical (unpaired) electrons. The summed E-state index contributed by atoms with van der Waals surface area (Å²) in [4.78, 5) is 4.51. The van der Waals surface area contributed by atoms with Gasteiger partial charge in [-0.05, 0) is 54.6 Å². The number of pyridine rings is 1. The molecule has 5 rings (SSSR count). The van der Waals surface area contributed by atoms with Crippen LogP contribution >= 0.6 is 23.2 Å². The van der Waals surface area contributed by atoms with E-state index in [1.165, 1.54) is 12.1 Å². The summed E-state index contributed by atoms with van der Waals surface area (Å²) >= 11 is 12.1. The highest BCUT2D eigenvalue weighted by molar-refractivity contribution is 6.31. The number of halogens is 3. The van der Waals surface area contributed by atoms with Crippen molar-refractivity contribution in [1.82, 2.24) is 14.8 Å². The molecule has 2 aromatic heterocycles. The van der Waals surface area contributed by atoms with Crippen molar-refractivity contribution in [2.45, 2.75) is 0 Å². The lowest BCUT2D eigenvalue weighted by Gasteiger charge is -2.06. The fraction of sp³-hybridized carbons (Fsp3) is 0. The van der Waals surface area contributed by atoms with Crippen molar-refractivity contribution in [2.24, 2.45) is 0 Å². The van der Waals surface area contributed by atoms with Gasteiger partial charge in [0.2, 0.25) is 0 Å². The maximum atomic E-state index is 14.0. The molecule has 0 saturated carbocycles. The molecule has 0 aliphatic rings. The van der Waals surface area contributed by atoms with Gasteiger partial charge in [-0.3, -0.25) is 4.98 Å². The van der Waals surface area contributed by atoms with E-state index in [0.29, 0.717) is 20.9 Å². The first kappa shape index (κ1) is 17.2. The summed E-state index contributed by atoms with van der Waals surface area (Å²) in [5.74, 6) is -0.321. The molecule has 5 aromatic rings. The Hall–Kier alpha value is -2.95. The Bertz CT molecular complexity index is 1330. The lowest BCUT2D eigenvalue weighted by Crippen LogP contribution is -1.97. The molecule has 0 atom stereocenters. The van der Waals surface area contributed by atoms with Crippen LogP contribution in [-0.2, 0) is 0 Å². The second-order valence-electron chi connectivity index (χ2n) is 6.43. The molecule has 0 N–H and O–H groups in total. The second-order valence-corrected chi connectivity index (χ2v) is 7.30. The minimum atomic E-state index is -0.321. The Labute approximate surface area is 170 Å². The van der Waals surface area contributed by atoms with Crippen molar-refractivity contribution in [1.29, 1.82) is 0 Å². The van der Waals surface area contributed by atoms with E-state index in [-0.39, 0.29) is 5.82 Å². The molecule has 0 bridgehead atoms. The van der Waals surface area contributed by atoms with Crippen LogP contribution in [-0.4, -0.2) is 14.8 Å². The van der Waals surface area contributed by atoms with E-state index in [0.717, 1.165) is 27.8 Å². The molecule has 0 amide bonds. The quantitative estimate of drug-likeness (QED) is 0.326. The number of benzene rings is 3. The standard InChI is InChI=1S/C22H12Cl2FN3/c23-14-3-1-13(2-4-14)21-19-12-26-20-10-7-16(25)11-18(20)22(19)28(27-21)17-8-5-15(24)6-9-17/h1-12H. The fourth-order valence-corrected chi connectivity index (χ4v) is 3.60. The van der Waals surface area contributed by atoms with Crippen LogP contribution in [0, 0.1) is 5.82 Å². The highest BCUT2D eigenvalue weighted by Gasteiger charge is 2.17. The predicted molar refractivity (Wildman–Crippen MR) is 112 cm³/mol. The van der Waals surface area contributed by atoms with Crippen molar-refractivity contribution in [3.05, 3.63) is 88.8 Å². The summed E-state index contributed by atoms with van der Waals surface area (Å²) in [6.45, 7) is 0. The summed E-state index contributed by atoms with van der Waals surface area (Å²) < 4.78 is 15.8. The van der Waals surface area contributed by atoms with Gasteiger partial charge in [0.05, 0.1) is 16.7 Å². The smallest absolute Gasteiger partial charge is 0.124 e. The normalized spacial score (nSPS) is 11.4. The van der Waals surface area contributed by atoms with Crippen LogP contribution in [0.25, 0.3) is 38.8 Å². The molecule has 6 heteroatoms. The molecule has 136 valence electrons. The van der Waals surface area contributed by atoms with E-state index in [1.54, 1.807) is 29.1 Å². The van der Waals surface area contributed by atoms with Gasteiger partial charge in [0.1, 0.15) is 11.5 Å². The molecule has 3 nitrogen and oxygen atoms in total. The molecular weight excluding hydrogens is 396 g/mol. The van der Waals surface area contributed by atoms with E-state index in [4.69, 9.17) is 28.3 Å². The second kappa shape index (κ2) is 6.59. The summed E-state index contributed by atoms with van der Waals surface area (Å²) in [6.07, 6.45) is 1.78. The number of fused-ring (bicyclic) bond motifs is 3. The van der Waals surface area contributed by atoms with Gasteiger partial charge in [0.15, 0.2) is 0 Å². The maximum absolute atomic E-state index is 14.0. The minimum absolute atomic E-state index is 0.321. The number of aromatic nitrogens is 3. The highest BCUT2D eigenvalue weighted by Crippen LogP contribution is 2.34. The van der Waals surface area contributed by atoms with Crippen LogP contribution in [0.1, 0.15) is 0 Å². The zero-order chi connectivity index (χ0) is 19.3. The van der Waals surface area contributed by atoms with E-state index in [9.17, 15) is 4.39 Å². The average Bonchev–Trinajstić information content (AvgIpc) is 3.09. The van der Waals surface area contributed by atoms with Gasteiger partial charge < -0.3 is 0 Å². The number of hydrogen-bond acceptors (Lipinski definition) is 2. The first-order chi connectivity index (χ1) is 13.6. The van der Waals surface area contributed by atoms with Crippen LogP contribution in [0.15, 0.2) is 72.9 Å². The monoisotopic (exact) mass is 407 g/mol. The molecule has 0 aliphatic carbocycles. The molecule has 0 spiro atoms. The van der Waals surface area contributed by atoms with Crippen molar-refractivity contribution >= 4 is 45.0 Å². The van der Waals surface area contributed by atoms with E-state index >= 15 is 0 Å². The zero-order valence-electron chi connectivity index (χ0n) is 14.4. The van der Waals surface area contributed by atoms with Gasteiger partial charge in [0.25, 0.3) is 0 Å². The predicted octanol–water partition coefficient (Wildman–Crippen LogP) is 6.69. The highest BCUT2D eigenvalue weighted by atomic mass is 35.5. The van der Waals surface area contributed by atoms with Crippen molar-refractivity contribution < 1.29 is 4.39 Å². The SMILES string of the molecule is Fc1ccc2ncc3c(-c4ccc(Cl)cc4)nn(-c4ccc(Cl)cc4)c3c2c1. The Morgan fingerprint density at radius 2 is 1.46 bits per heavy atom. The zero-order valence-corrected chi connectivity index (χ0v) is 15.9. The third kappa shape index (κ3) is 2.82.